The number of furan rings is 1. The highest BCUT2D eigenvalue weighted by atomic mass is 32.1. The van der Waals surface area contributed by atoms with E-state index in [-0.39, 0.29) is 5.91 Å². The molecule has 2 aromatic heterocycles. The van der Waals surface area contributed by atoms with Gasteiger partial charge in [-0.1, -0.05) is 0 Å². The average Bonchev–Trinajstić information content (AvgIpc) is 3.07. The molecule has 1 aliphatic heterocycles. The lowest BCUT2D eigenvalue weighted by Gasteiger charge is -2.14. The van der Waals surface area contributed by atoms with Gasteiger partial charge in [-0.2, -0.15) is 0 Å². The monoisotopic (exact) mass is 278 g/mol. The first-order valence-electron chi connectivity index (χ1n) is 6.14. The lowest BCUT2D eigenvalue weighted by molar-refractivity contribution is 0.0759. The average molecular weight is 278 g/mol. The molecule has 3 heterocycles. The lowest BCUT2D eigenvalue weighted by atomic mass is 10.3. The summed E-state index contributed by atoms with van der Waals surface area (Å²) in [6, 6.07) is 3.62. The van der Waals surface area contributed by atoms with Gasteiger partial charge in [-0.25, -0.2) is 4.98 Å². The molecular formula is C13H14N2O3S. The summed E-state index contributed by atoms with van der Waals surface area (Å²) in [5.41, 5.74) is 0.463. The molecule has 1 saturated heterocycles. The molecule has 0 bridgehead atoms. The first-order chi connectivity index (χ1) is 9.15. The van der Waals surface area contributed by atoms with E-state index in [4.69, 9.17) is 4.42 Å². The molecule has 0 aromatic carbocycles. The predicted octanol–water partition coefficient (Wildman–Crippen LogP) is 1.92. The Morgan fingerprint density at radius 1 is 1.63 bits per heavy atom. The van der Waals surface area contributed by atoms with Crippen LogP contribution >= 0.6 is 11.3 Å². The second kappa shape index (κ2) is 4.79. The molecule has 0 spiro atoms. The minimum Gasteiger partial charge on any atom is -0.462 e. The number of aryl methyl sites for hydroxylation is 1. The van der Waals surface area contributed by atoms with Gasteiger partial charge in [-0.05, 0) is 25.5 Å². The number of β-amino-alcohol motifs (C(OH)–C–C–N with tert-alkyl or cyclic N) is 1. The largest absolute Gasteiger partial charge is 0.462 e. The quantitative estimate of drug-likeness (QED) is 0.911. The van der Waals surface area contributed by atoms with Crippen molar-refractivity contribution in [3.8, 4) is 10.8 Å². The van der Waals surface area contributed by atoms with Crippen LogP contribution in [0.15, 0.2) is 22.8 Å². The van der Waals surface area contributed by atoms with Crippen LogP contribution < -0.4 is 0 Å². The standard InChI is InChI=1S/C13H14N2O3S/c1-8-11(13(17)15-5-4-9(16)7-15)14-12(19-8)10-3-2-6-18-10/h2-3,6,9,16H,4-5,7H2,1H3/t9-/m0/s1. The molecule has 100 valence electrons. The molecule has 19 heavy (non-hydrogen) atoms. The van der Waals surface area contributed by atoms with Crippen LogP contribution in [0.25, 0.3) is 10.8 Å². The van der Waals surface area contributed by atoms with Crippen molar-refractivity contribution in [2.45, 2.75) is 19.4 Å². The summed E-state index contributed by atoms with van der Waals surface area (Å²) in [6.07, 6.45) is 1.82. The zero-order chi connectivity index (χ0) is 13.4. The van der Waals surface area contributed by atoms with Gasteiger partial charge in [0.15, 0.2) is 10.8 Å². The molecule has 0 unspecified atom stereocenters. The van der Waals surface area contributed by atoms with Gasteiger partial charge in [-0.15, -0.1) is 11.3 Å². The number of likely N-dealkylation sites (tertiary alicyclic amines) is 1. The van der Waals surface area contributed by atoms with Crippen molar-refractivity contribution in [1.82, 2.24) is 9.88 Å². The van der Waals surface area contributed by atoms with Gasteiger partial charge < -0.3 is 14.4 Å². The summed E-state index contributed by atoms with van der Waals surface area (Å²) >= 11 is 1.45. The zero-order valence-electron chi connectivity index (χ0n) is 10.5. The number of aliphatic hydroxyl groups is 1. The van der Waals surface area contributed by atoms with E-state index in [1.807, 2.05) is 13.0 Å². The van der Waals surface area contributed by atoms with Crippen molar-refractivity contribution in [2.24, 2.45) is 0 Å². The summed E-state index contributed by atoms with van der Waals surface area (Å²) in [5, 5.41) is 10.2. The van der Waals surface area contributed by atoms with Crippen LogP contribution in [0, 0.1) is 6.92 Å². The van der Waals surface area contributed by atoms with Gasteiger partial charge in [0.05, 0.1) is 12.4 Å². The topological polar surface area (TPSA) is 66.6 Å². The van der Waals surface area contributed by atoms with E-state index in [1.54, 1.807) is 17.2 Å². The van der Waals surface area contributed by atoms with E-state index in [9.17, 15) is 9.90 Å². The van der Waals surface area contributed by atoms with Gasteiger partial charge in [0.1, 0.15) is 5.69 Å². The fraction of sp³-hybridized carbons (Fsp3) is 0.385. The molecule has 1 N–H and O–H groups in total. The van der Waals surface area contributed by atoms with E-state index in [1.165, 1.54) is 11.3 Å². The number of amides is 1. The molecular weight excluding hydrogens is 264 g/mol. The van der Waals surface area contributed by atoms with E-state index < -0.39 is 6.10 Å². The van der Waals surface area contributed by atoms with Crippen LogP contribution in [0.5, 0.6) is 0 Å². The Labute approximate surface area is 114 Å². The van der Waals surface area contributed by atoms with Crippen LogP contribution in [0.2, 0.25) is 0 Å². The number of hydrogen-bond acceptors (Lipinski definition) is 5. The smallest absolute Gasteiger partial charge is 0.273 e. The number of carbonyl (C=O) groups excluding carboxylic acids is 1. The summed E-state index contributed by atoms with van der Waals surface area (Å²) < 4.78 is 5.29. The Hall–Kier alpha value is -1.66. The van der Waals surface area contributed by atoms with Gasteiger partial charge in [-0.3, -0.25) is 4.79 Å². The number of carbonyl (C=O) groups is 1. The summed E-state index contributed by atoms with van der Waals surface area (Å²) in [5.74, 6) is 0.566. The Kier molecular flexibility index (Phi) is 3.12. The number of nitrogens with zero attached hydrogens (tertiary/aromatic N) is 2. The number of aliphatic hydroxyl groups excluding tert-OH is 1. The fourth-order valence-corrected chi connectivity index (χ4v) is 3.05. The number of rotatable bonds is 2. The molecule has 0 aliphatic carbocycles. The number of thiazole rings is 1. The van der Waals surface area contributed by atoms with E-state index in [2.05, 4.69) is 4.98 Å². The van der Waals surface area contributed by atoms with Crippen molar-refractivity contribution >= 4 is 17.2 Å². The van der Waals surface area contributed by atoms with Crippen LogP contribution in [-0.4, -0.2) is 40.1 Å². The summed E-state index contributed by atoms with van der Waals surface area (Å²) in [7, 11) is 0. The van der Waals surface area contributed by atoms with Crippen molar-refractivity contribution in [3.63, 3.8) is 0 Å². The maximum Gasteiger partial charge on any atom is 0.273 e. The first-order valence-corrected chi connectivity index (χ1v) is 6.95. The molecule has 1 aliphatic rings. The SMILES string of the molecule is Cc1sc(-c2ccco2)nc1C(=O)N1CC[C@H](O)C1. The third-order valence-electron chi connectivity index (χ3n) is 3.18. The molecule has 5 nitrogen and oxygen atoms in total. The molecule has 2 aromatic rings. The van der Waals surface area contributed by atoms with Crippen molar-refractivity contribution < 1.29 is 14.3 Å². The minimum atomic E-state index is -0.410. The fourth-order valence-electron chi connectivity index (χ4n) is 2.18. The summed E-state index contributed by atoms with van der Waals surface area (Å²) in [6.45, 7) is 2.86. The Morgan fingerprint density at radius 2 is 2.47 bits per heavy atom. The molecule has 0 radical (unpaired) electrons. The Bertz CT molecular complexity index is 591. The highest BCUT2D eigenvalue weighted by Gasteiger charge is 2.28. The highest BCUT2D eigenvalue weighted by Crippen LogP contribution is 2.29. The molecule has 0 saturated carbocycles. The lowest BCUT2D eigenvalue weighted by Crippen LogP contribution is -2.30. The molecule has 1 fully saturated rings. The third-order valence-corrected chi connectivity index (χ3v) is 4.17. The molecule has 3 rings (SSSR count). The Morgan fingerprint density at radius 3 is 3.11 bits per heavy atom. The minimum absolute atomic E-state index is 0.108. The molecule has 1 atom stereocenters. The van der Waals surface area contributed by atoms with E-state index in [0.29, 0.717) is 36.0 Å². The van der Waals surface area contributed by atoms with Crippen LogP contribution in [0.3, 0.4) is 0 Å². The van der Waals surface area contributed by atoms with Crippen molar-refractivity contribution in [3.05, 3.63) is 29.0 Å². The second-order valence-electron chi connectivity index (χ2n) is 4.59. The number of aromatic nitrogens is 1. The molecule has 1 amide bonds. The molecule has 6 heteroatoms. The van der Waals surface area contributed by atoms with Crippen LogP contribution in [0.4, 0.5) is 0 Å². The first kappa shape index (κ1) is 12.4. The van der Waals surface area contributed by atoms with Crippen LogP contribution in [-0.2, 0) is 0 Å². The van der Waals surface area contributed by atoms with Crippen molar-refractivity contribution in [2.75, 3.05) is 13.1 Å². The second-order valence-corrected chi connectivity index (χ2v) is 5.80. The highest BCUT2D eigenvalue weighted by molar-refractivity contribution is 7.15. The summed E-state index contributed by atoms with van der Waals surface area (Å²) in [4.78, 5) is 19.2. The maximum atomic E-state index is 12.3. The maximum absolute atomic E-state index is 12.3. The van der Waals surface area contributed by atoms with Crippen molar-refractivity contribution in [1.29, 1.82) is 0 Å². The van der Waals surface area contributed by atoms with Gasteiger partial charge in [0, 0.05) is 18.0 Å². The van der Waals surface area contributed by atoms with Gasteiger partial charge >= 0.3 is 0 Å². The number of hydrogen-bond donors (Lipinski definition) is 1. The third kappa shape index (κ3) is 2.29. The van der Waals surface area contributed by atoms with Gasteiger partial charge in [0.25, 0.3) is 5.91 Å². The Balaban J connectivity index is 1.87. The van der Waals surface area contributed by atoms with E-state index >= 15 is 0 Å². The van der Waals surface area contributed by atoms with E-state index in [0.717, 1.165) is 4.88 Å². The van der Waals surface area contributed by atoms with Crippen LogP contribution in [0.1, 0.15) is 21.8 Å². The predicted molar refractivity (Wildman–Crippen MR) is 71.1 cm³/mol. The zero-order valence-corrected chi connectivity index (χ0v) is 11.3. The van der Waals surface area contributed by atoms with Gasteiger partial charge in [0.2, 0.25) is 0 Å². The normalized spacial score (nSPS) is 19.1.